The van der Waals surface area contributed by atoms with Gasteiger partial charge in [0.05, 0.1) is 4.90 Å². The third-order valence-electron chi connectivity index (χ3n) is 2.69. The molecule has 0 aliphatic heterocycles. The van der Waals surface area contributed by atoms with Gasteiger partial charge in [0.2, 0.25) is 10.0 Å². The van der Waals surface area contributed by atoms with Crippen LogP contribution < -0.4 is 4.72 Å². The van der Waals surface area contributed by atoms with Gasteiger partial charge in [-0.2, -0.15) is 0 Å². The number of halogens is 1. The van der Waals surface area contributed by atoms with Crippen LogP contribution in [0.25, 0.3) is 0 Å². The second kappa shape index (κ2) is 7.92. The van der Waals surface area contributed by atoms with Crippen molar-refractivity contribution in [3.05, 3.63) is 29.8 Å². The molecule has 3 nitrogen and oxygen atoms in total. The fourth-order valence-electron chi connectivity index (χ4n) is 1.61. The molecule has 0 saturated heterocycles. The number of unbranched alkanes of at least 4 members (excludes halogenated alkanes) is 2. The van der Waals surface area contributed by atoms with Crippen molar-refractivity contribution in [2.75, 3.05) is 11.9 Å². The second-order valence-corrected chi connectivity index (χ2v) is 6.75. The van der Waals surface area contributed by atoms with E-state index in [1.54, 1.807) is 12.1 Å². The number of hydrogen-bond donors (Lipinski definition) is 1. The Bertz CT molecular complexity index is 443. The van der Waals surface area contributed by atoms with Crippen molar-refractivity contribution in [2.45, 2.75) is 37.5 Å². The zero-order valence-corrected chi connectivity index (χ0v) is 13.1. The van der Waals surface area contributed by atoms with E-state index in [9.17, 15) is 8.42 Å². The van der Waals surface area contributed by atoms with Crippen LogP contribution in [0.5, 0.6) is 0 Å². The summed E-state index contributed by atoms with van der Waals surface area (Å²) < 4.78 is 26.5. The van der Waals surface area contributed by atoms with E-state index in [2.05, 4.69) is 27.6 Å². The zero-order chi connectivity index (χ0) is 13.4. The molecule has 0 radical (unpaired) electrons. The maximum Gasteiger partial charge on any atom is 0.240 e. The van der Waals surface area contributed by atoms with Gasteiger partial charge in [-0.25, -0.2) is 13.1 Å². The SMILES string of the molecule is CCCCCNS(=O)(=O)c1ccc(CCBr)cc1. The summed E-state index contributed by atoms with van der Waals surface area (Å²) in [7, 11) is -3.33. The first kappa shape index (κ1) is 15.7. The Morgan fingerprint density at radius 2 is 1.83 bits per heavy atom. The van der Waals surface area contributed by atoms with Gasteiger partial charge in [0.1, 0.15) is 0 Å². The Labute approximate surface area is 118 Å². The Hall–Kier alpha value is -0.390. The molecule has 5 heteroatoms. The molecule has 0 aromatic heterocycles. The van der Waals surface area contributed by atoms with E-state index in [0.29, 0.717) is 11.4 Å². The minimum Gasteiger partial charge on any atom is -0.211 e. The molecule has 102 valence electrons. The van der Waals surface area contributed by atoms with Crippen molar-refractivity contribution in [1.82, 2.24) is 4.72 Å². The third kappa shape index (κ3) is 5.08. The molecule has 18 heavy (non-hydrogen) atoms. The van der Waals surface area contributed by atoms with E-state index < -0.39 is 10.0 Å². The van der Waals surface area contributed by atoms with E-state index in [1.165, 1.54) is 0 Å². The second-order valence-electron chi connectivity index (χ2n) is 4.19. The van der Waals surface area contributed by atoms with Gasteiger partial charge >= 0.3 is 0 Å². The molecule has 1 aromatic rings. The van der Waals surface area contributed by atoms with Gasteiger partial charge in [-0.1, -0.05) is 47.8 Å². The van der Waals surface area contributed by atoms with Gasteiger partial charge in [-0.15, -0.1) is 0 Å². The van der Waals surface area contributed by atoms with Crippen LogP contribution in [0.2, 0.25) is 0 Å². The normalized spacial score (nSPS) is 11.7. The molecule has 1 rings (SSSR count). The van der Waals surface area contributed by atoms with E-state index in [4.69, 9.17) is 0 Å². The molecule has 1 N–H and O–H groups in total. The van der Waals surface area contributed by atoms with Gasteiger partial charge in [0.25, 0.3) is 0 Å². The predicted molar refractivity (Wildman–Crippen MR) is 78.7 cm³/mol. The number of sulfonamides is 1. The summed E-state index contributed by atoms with van der Waals surface area (Å²) >= 11 is 3.36. The maximum atomic E-state index is 11.9. The molecule has 0 fully saturated rings. The summed E-state index contributed by atoms with van der Waals surface area (Å²) in [5.41, 5.74) is 1.14. The highest BCUT2D eigenvalue weighted by Gasteiger charge is 2.12. The van der Waals surface area contributed by atoms with Crippen molar-refractivity contribution < 1.29 is 8.42 Å². The van der Waals surface area contributed by atoms with Gasteiger partial charge in [0, 0.05) is 11.9 Å². The number of rotatable bonds is 8. The molecule has 0 heterocycles. The molecule has 0 aliphatic carbocycles. The average Bonchev–Trinajstić information content (AvgIpc) is 2.36. The lowest BCUT2D eigenvalue weighted by atomic mass is 10.2. The molecule has 0 spiro atoms. The smallest absolute Gasteiger partial charge is 0.211 e. The van der Waals surface area contributed by atoms with Gasteiger partial charge in [-0.05, 0) is 30.5 Å². The van der Waals surface area contributed by atoms with Gasteiger partial charge in [-0.3, -0.25) is 0 Å². The quantitative estimate of drug-likeness (QED) is 0.587. The molecule has 1 aromatic carbocycles. The molecule has 0 unspecified atom stereocenters. The highest BCUT2D eigenvalue weighted by Crippen LogP contribution is 2.11. The molecular formula is C13H20BrNO2S. The molecule has 0 aliphatic rings. The Morgan fingerprint density at radius 1 is 1.17 bits per heavy atom. The minimum atomic E-state index is -3.33. The fraction of sp³-hybridized carbons (Fsp3) is 0.538. The summed E-state index contributed by atoms with van der Waals surface area (Å²) in [4.78, 5) is 0.345. The summed E-state index contributed by atoms with van der Waals surface area (Å²) in [6, 6.07) is 7.06. The van der Waals surface area contributed by atoms with Crippen molar-refractivity contribution in [3.8, 4) is 0 Å². The number of benzene rings is 1. The highest BCUT2D eigenvalue weighted by atomic mass is 79.9. The van der Waals surface area contributed by atoms with E-state index >= 15 is 0 Å². The highest BCUT2D eigenvalue weighted by molar-refractivity contribution is 9.09. The summed E-state index contributed by atoms with van der Waals surface area (Å²) in [5.74, 6) is 0. The van der Waals surface area contributed by atoms with Crippen LogP contribution in [0, 0.1) is 0 Å². The largest absolute Gasteiger partial charge is 0.240 e. The van der Waals surface area contributed by atoms with Crippen molar-refractivity contribution in [3.63, 3.8) is 0 Å². The maximum absolute atomic E-state index is 11.9. The van der Waals surface area contributed by atoms with E-state index in [-0.39, 0.29) is 0 Å². The molecule has 0 atom stereocenters. The van der Waals surface area contributed by atoms with Crippen molar-refractivity contribution in [1.29, 1.82) is 0 Å². The van der Waals surface area contributed by atoms with Crippen LogP contribution in [0.1, 0.15) is 31.7 Å². The van der Waals surface area contributed by atoms with Crippen LogP contribution in [-0.4, -0.2) is 20.3 Å². The van der Waals surface area contributed by atoms with Gasteiger partial charge in [0.15, 0.2) is 0 Å². The molecule has 0 amide bonds. The number of alkyl halides is 1. The standard InChI is InChI=1S/C13H20BrNO2S/c1-2-3-4-11-15-18(16,17)13-7-5-12(6-8-13)9-10-14/h5-8,15H,2-4,9-11H2,1H3. The number of nitrogens with one attached hydrogen (secondary N) is 1. The molecule has 0 bridgehead atoms. The average molecular weight is 334 g/mol. The van der Waals surface area contributed by atoms with Crippen molar-refractivity contribution in [2.24, 2.45) is 0 Å². The first-order valence-electron chi connectivity index (χ1n) is 6.24. The summed E-state index contributed by atoms with van der Waals surface area (Å²) in [6.45, 7) is 2.61. The number of hydrogen-bond acceptors (Lipinski definition) is 2. The number of aryl methyl sites for hydroxylation is 1. The van der Waals surface area contributed by atoms with Gasteiger partial charge < -0.3 is 0 Å². The zero-order valence-electron chi connectivity index (χ0n) is 10.7. The van der Waals surface area contributed by atoms with Crippen LogP contribution in [0.4, 0.5) is 0 Å². The lowest BCUT2D eigenvalue weighted by molar-refractivity contribution is 0.576. The Morgan fingerprint density at radius 3 is 2.39 bits per heavy atom. The first-order chi connectivity index (χ1) is 8.60. The van der Waals surface area contributed by atoms with Crippen molar-refractivity contribution >= 4 is 26.0 Å². The lowest BCUT2D eigenvalue weighted by Crippen LogP contribution is -2.24. The summed E-state index contributed by atoms with van der Waals surface area (Å²) in [5, 5.41) is 0.883. The van der Waals surface area contributed by atoms with Crippen LogP contribution in [-0.2, 0) is 16.4 Å². The lowest BCUT2D eigenvalue weighted by Gasteiger charge is -2.07. The van der Waals surface area contributed by atoms with Crippen LogP contribution >= 0.6 is 15.9 Å². The third-order valence-corrected chi connectivity index (χ3v) is 4.56. The van der Waals surface area contributed by atoms with E-state index in [0.717, 1.165) is 36.6 Å². The summed E-state index contributed by atoms with van der Waals surface area (Å²) in [6.07, 6.45) is 3.93. The predicted octanol–water partition coefficient (Wildman–Crippen LogP) is 3.09. The molecule has 0 saturated carbocycles. The fourth-order valence-corrected chi connectivity index (χ4v) is 3.14. The Balaban J connectivity index is 2.61. The minimum absolute atomic E-state index is 0.345. The van der Waals surface area contributed by atoms with Crippen LogP contribution in [0.15, 0.2) is 29.2 Å². The van der Waals surface area contributed by atoms with E-state index in [1.807, 2.05) is 12.1 Å². The first-order valence-corrected chi connectivity index (χ1v) is 8.85. The Kier molecular flexibility index (Phi) is 6.89. The van der Waals surface area contributed by atoms with Crippen LogP contribution in [0.3, 0.4) is 0 Å². The molecular weight excluding hydrogens is 314 g/mol. The topological polar surface area (TPSA) is 46.2 Å². The monoisotopic (exact) mass is 333 g/mol.